The second kappa shape index (κ2) is 9.46. The van der Waals surface area contributed by atoms with Crippen LogP contribution in [-0.4, -0.2) is 42.9 Å². The fourth-order valence-corrected chi connectivity index (χ4v) is 2.81. The van der Waals surface area contributed by atoms with Gasteiger partial charge in [0.2, 0.25) is 5.75 Å². The maximum atomic E-state index is 12.5. The number of carbonyl (C=O) groups excluding carboxylic acids is 2. The lowest BCUT2D eigenvalue weighted by Gasteiger charge is -2.14. The maximum absolute atomic E-state index is 12.5. The van der Waals surface area contributed by atoms with E-state index in [0.29, 0.717) is 29.4 Å². The molecular formula is C21H22N4O5. The molecule has 0 unspecified atom stereocenters. The van der Waals surface area contributed by atoms with E-state index >= 15 is 0 Å². The van der Waals surface area contributed by atoms with Crippen LogP contribution in [0.4, 0.5) is 0 Å². The Morgan fingerprint density at radius 1 is 0.900 bits per heavy atom. The van der Waals surface area contributed by atoms with Gasteiger partial charge in [-0.3, -0.25) is 25.1 Å². The summed E-state index contributed by atoms with van der Waals surface area (Å²) in [6.45, 7) is 0.534. The Morgan fingerprint density at radius 2 is 1.50 bits per heavy atom. The van der Waals surface area contributed by atoms with Crippen LogP contribution >= 0.6 is 0 Å². The summed E-state index contributed by atoms with van der Waals surface area (Å²) < 4.78 is 17.3. The number of amides is 2. The van der Waals surface area contributed by atoms with Crippen molar-refractivity contribution in [2.45, 2.75) is 6.54 Å². The summed E-state index contributed by atoms with van der Waals surface area (Å²) in [6.07, 6.45) is 3.04. The number of hydrogen-bond acceptors (Lipinski definition) is 6. The Hall–Kier alpha value is -4.01. The van der Waals surface area contributed by atoms with Crippen molar-refractivity contribution in [3.05, 3.63) is 71.5 Å². The number of hydrogen-bond donors (Lipinski definition) is 2. The van der Waals surface area contributed by atoms with Crippen LogP contribution in [0.25, 0.3) is 0 Å². The average Bonchev–Trinajstić information content (AvgIpc) is 3.25. The molecule has 1 heterocycles. The van der Waals surface area contributed by atoms with E-state index in [1.54, 1.807) is 10.9 Å². The molecule has 2 N–H and O–H groups in total. The zero-order valence-electron chi connectivity index (χ0n) is 16.8. The number of benzene rings is 2. The van der Waals surface area contributed by atoms with Crippen molar-refractivity contribution in [1.82, 2.24) is 20.6 Å². The second-order valence-electron chi connectivity index (χ2n) is 6.23. The molecule has 0 aliphatic rings. The lowest BCUT2D eigenvalue weighted by atomic mass is 10.1. The molecule has 3 rings (SSSR count). The Bertz CT molecular complexity index is 1010. The third-order valence-corrected chi connectivity index (χ3v) is 4.30. The number of hydrazine groups is 1. The standard InChI is InChI=1S/C21H22N4O5/c1-28-17-9-15(10-18(29-2)19(17)30-3)20(26)23-24-21(27)16-11-22-25(13-16)12-14-7-5-4-6-8-14/h4-11,13H,12H2,1-3H3,(H,23,26)(H,24,27). The minimum absolute atomic E-state index is 0.226. The summed E-state index contributed by atoms with van der Waals surface area (Å²) in [5.74, 6) is -0.00757. The first kappa shape index (κ1) is 20.7. The van der Waals surface area contributed by atoms with Crippen molar-refractivity contribution in [3.8, 4) is 17.2 Å². The molecule has 2 amide bonds. The molecule has 0 aliphatic heterocycles. The molecule has 30 heavy (non-hydrogen) atoms. The summed E-state index contributed by atoms with van der Waals surface area (Å²) in [5, 5.41) is 4.18. The average molecular weight is 410 g/mol. The van der Waals surface area contributed by atoms with Gasteiger partial charge in [-0.1, -0.05) is 30.3 Å². The molecule has 0 radical (unpaired) electrons. The highest BCUT2D eigenvalue weighted by Gasteiger charge is 2.18. The van der Waals surface area contributed by atoms with Crippen LogP contribution in [0.1, 0.15) is 26.3 Å². The molecule has 0 spiro atoms. The summed E-state index contributed by atoms with van der Waals surface area (Å²) in [4.78, 5) is 24.8. The van der Waals surface area contributed by atoms with Crippen LogP contribution < -0.4 is 25.1 Å². The van der Waals surface area contributed by atoms with Gasteiger partial charge < -0.3 is 14.2 Å². The van der Waals surface area contributed by atoms with Gasteiger partial charge in [-0.2, -0.15) is 5.10 Å². The minimum Gasteiger partial charge on any atom is -0.493 e. The molecule has 0 bridgehead atoms. The van der Waals surface area contributed by atoms with Gasteiger partial charge in [0.1, 0.15) is 0 Å². The first-order valence-corrected chi connectivity index (χ1v) is 9.02. The van der Waals surface area contributed by atoms with Crippen LogP contribution in [-0.2, 0) is 6.54 Å². The SMILES string of the molecule is COc1cc(C(=O)NNC(=O)c2cnn(Cc3ccccc3)c2)cc(OC)c1OC. The molecule has 3 aromatic rings. The van der Waals surface area contributed by atoms with Gasteiger partial charge in [-0.15, -0.1) is 0 Å². The van der Waals surface area contributed by atoms with E-state index < -0.39 is 11.8 Å². The Balaban J connectivity index is 1.64. The molecule has 0 aliphatic carbocycles. The number of methoxy groups -OCH3 is 3. The number of nitrogens with one attached hydrogen (secondary N) is 2. The summed E-state index contributed by atoms with van der Waals surface area (Å²) in [7, 11) is 4.38. The van der Waals surface area contributed by atoms with Crippen molar-refractivity contribution < 1.29 is 23.8 Å². The Morgan fingerprint density at radius 3 is 2.07 bits per heavy atom. The Kier molecular flexibility index (Phi) is 6.53. The predicted molar refractivity (Wildman–Crippen MR) is 109 cm³/mol. The first-order chi connectivity index (χ1) is 14.5. The van der Waals surface area contributed by atoms with Crippen molar-refractivity contribution >= 4 is 11.8 Å². The molecule has 9 heteroatoms. The van der Waals surface area contributed by atoms with Gasteiger partial charge in [0.15, 0.2) is 11.5 Å². The third-order valence-electron chi connectivity index (χ3n) is 4.30. The fourth-order valence-electron chi connectivity index (χ4n) is 2.81. The monoisotopic (exact) mass is 410 g/mol. The highest BCUT2D eigenvalue weighted by Crippen LogP contribution is 2.38. The lowest BCUT2D eigenvalue weighted by molar-refractivity contribution is 0.0846. The summed E-state index contributed by atoms with van der Waals surface area (Å²) >= 11 is 0. The third kappa shape index (κ3) is 4.69. The van der Waals surface area contributed by atoms with Gasteiger partial charge in [0, 0.05) is 11.8 Å². The number of rotatable bonds is 7. The normalized spacial score (nSPS) is 10.2. The van der Waals surface area contributed by atoms with Crippen LogP contribution in [0, 0.1) is 0 Å². The fraction of sp³-hybridized carbons (Fsp3) is 0.190. The number of aromatic nitrogens is 2. The van der Waals surface area contributed by atoms with Crippen LogP contribution in [0.2, 0.25) is 0 Å². The number of carbonyl (C=O) groups is 2. The van der Waals surface area contributed by atoms with Gasteiger partial charge >= 0.3 is 0 Å². The Labute approximate surface area is 173 Å². The lowest BCUT2D eigenvalue weighted by Crippen LogP contribution is -2.41. The molecule has 156 valence electrons. The van der Waals surface area contributed by atoms with Gasteiger partial charge in [0.25, 0.3) is 11.8 Å². The molecule has 2 aromatic carbocycles. The van der Waals surface area contributed by atoms with E-state index in [1.165, 1.54) is 39.7 Å². The molecule has 0 saturated heterocycles. The van der Waals surface area contributed by atoms with Crippen LogP contribution in [0.5, 0.6) is 17.2 Å². The summed E-state index contributed by atoms with van der Waals surface area (Å²) in [6, 6.07) is 12.7. The molecule has 0 atom stereocenters. The highest BCUT2D eigenvalue weighted by atomic mass is 16.5. The topological polar surface area (TPSA) is 104 Å². The molecule has 9 nitrogen and oxygen atoms in total. The quantitative estimate of drug-likeness (QED) is 0.578. The summed E-state index contributed by atoms with van der Waals surface area (Å²) in [5.41, 5.74) is 6.34. The number of nitrogens with zero attached hydrogens (tertiary/aromatic N) is 2. The van der Waals surface area contributed by atoms with E-state index in [9.17, 15) is 9.59 Å². The van der Waals surface area contributed by atoms with E-state index in [1.807, 2.05) is 30.3 Å². The van der Waals surface area contributed by atoms with Gasteiger partial charge in [-0.25, -0.2) is 0 Å². The molecule has 1 aromatic heterocycles. The van der Waals surface area contributed by atoms with Crippen LogP contribution in [0.3, 0.4) is 0 Å². The van der Waals surface area contributed by atoms with Crippen molar-refractivity contribution in [3.63, 3.8) is 0 Å². The number of ether oxygens (including phenoxy) is 3. The van der Waals surface area contributed by atoms with Gasteiger partial charge in [-0.05, 0) is 17.7 Å². The van der Waals surface area contributed by atoms with E-state index in [0.717, 1.165) is 5.56 Å². The van der Waals surface area contributed by atoms with Crippen LogP contribution in [0.15, 0.2) is 54.9 Å². The van der Waals surface area contributed by atoms with E-state index in [4.69, 9.17) is 14.2 Å². The van der Waals surface area contributed by atoms with E-state index in [-0.39, 0.29) is 5.56 Å². The zero-order chi connectivity index (χ0) is 21.5. The van der Waals surface area contributed by atoms with Crippen molar-refractivity contribution in [2.24, 2.45) is 0 Å². The molecule has 0 fully saturated rings. The van der Waals surface area contributed by atoms with Gasteiger partial charge in [0.05, 0.1) is 39.6 Å². The zero-order valence-corrected chi connectivity index (χ0v) is 16.8. The molecule has 0 saturated carbocycles. The smallest absolute Gasteiger partial charge is 0.272 e. The first-order valence-electron chi connectivity index (χ1n) is 9.02. The largest absolute Gasteiger partial charge is 0.493 e. The van der Waals surface area contributed by atoms with Crippen molar-refractivity contribution in [1.29, 1.82) is 0 Å². The van der Waals surface area contributed by atoms with E-state index in [2.05, 4.69) is 16.0 Å². The maximum Gasteiger partial charge on any atom is 0.272 e. The molecular weight excluding hydrogens is 388 g/mol. The van der Waals surface area contributed by atoms with Crippen molar-refractivity contribution in [2.75, 3.05) is 21.3 Å². The second-order valence-corrected chi connectivity index (χ2v) is 6.23. The minimum atomic E-state index is -0.542. The predicted octanol–water partition coefficient (Wildman–Crippen LogP) is 2.03. The highest BCUT2D eigenvalue weighted by molar-refractivity contribution is 5.99.